The lowest BCUT2D eigenvalue weighted by atomic mass is 10.1. The second-order valence-corrected chi connectivity index (χ2v) is 7.94. The van der Waals surface area contributed by atoms with Crippen LogP contribution in [0.5, 0.6) is 5.75 Å². The highest BCUT2D eigenvalue weighted by molar-refractivity contribution is 7.17. The van der Waals surface area contributed by atoms with E-state index in [1.54, 1.807) is 6.20 Å². The van der Waals surface area contributed by atoms with Gasteiger partial charge in [0.05, 0.1) is 0 Å². The molecular formula is C23H24N4O2S. The van der Waals surface area contributed by atoms with Crippen molar-refractivity contribution in [2.45, 2.75) is 12.8 Å². The Bertz CT molecular complexity index is 1120. The summed E-state index contributed by atoms with van der Waals surface area (Å²) < 4.78 is 5.78. The number of thiophene rings is 1. The number of nitrogens with one attached hydrogen (secondary N) is 2. The largest absolute Gasteiger partial charge is 0.491 e. The van der Waals surface area contributed by atoms with Crippen molar-refractivity contribution in [2.24, 2.45) is 5.73 Å². The Morgan fingerprint density at radius 3 is 2.90 bits per heavy atom. The fraction of sp³-hybridized carbons (Fsp3) is 0.217. The van der Waals surface area contributed by atoms with E-state index in [-0.39, 0.29) is 5.91 Å². The standard InChI is InChI=1S/C23H24N4O2S/c24-10-14-29-19-15-20(17-8-12-25-22-18(17)9-13-26-22)30-21(19)23(28)27-11-4-7-16-5-2-1-3-6-16/h1-3,5-6,8-9,12-13,15H,4,7,10-11,14,24H2,(H,25,26)(H,27,28). The van der Waals surface area contributed by atoms with E-state index in [2.05, 4.69) is 27.4 Å². The average molecular weight is 421 g/mol. The summed E-state index contributed by atoms with van der Waals surface area (Å²) in [6.07, 6.45) is 5.43. The molecule has 154 valence electrons. The number of nitrogens with zero attached hydrogens (tertiary/aromatic N) is 1. The quantitative estimate of drug-likeness (QED) is 0.357. The van der Waals surface area contributed by atoms with Gasteiger partial charge in [0, 0.05) is 41.3 Å². The minimum atomic E-state index is -0.120. The fourth-order valence-corrected chi connectivity index (χ4v) is 4.39. The molecule has 7 heteroatoms. The zero-order valence-electron chi connectivity index (χ0n) is 16.6. The number of rotatable bonds is 9. The molecule has 3 heterocycles. The summed E-state index contributed by atoms with van der Waals surface area (Å²) in [5.41, 5.74) is 8.71. The number of amides is 1. The number of carbonyl (C=O) groups excluding carboxylic acids is 1. The zero-order chi connectivity index (χ0) is 20.8. The topological polar surface area (TPSA) is 93.0 Å². The van der Waals surface area contributed by atoms with Gasteiger partial charge in [-0.15, -0.1) is 11.3 Å². The van der Waals surface area contributed by atoms with Crippen LogP contribution in [-0.4, -0.2) is 35.6 Å². The maximum Gasteiger partial charge on any atom is 0.265 e. The number of pyridine rings is 1. The first kappa shape index (κ1) is 20.1. The molecule has 0 unspecified atom stereocenters. The number of hydrogen-bond donors (Lipinski definition) is 3. The van der Waals surface area contributed by atoms with Crippen molar-refractivity contribution < 1.29 is 9.53 Å². The summed E-state index contributed by atoms with van der Waals surface area (Å²) in [6, 6.07) is 16.1. The maximum absolute atomic E-state index is 12.9. The predicted octanol–water partition coefficient (Wildman–Crippen LogP) is 3.99. The van der Waals surface area contributed by atoms with Gasteiger partial charge in [-0.1, -0.05) is 30.3 Å². The number of ether oxygens (including phenoxy) is 1. The third-order valence-electron chi connectivity index (χ3n) is 4.78. The van der Waals surface area contributed by atoms with Gasteiger partial charge in [-0.2, -0.15) is 0 Å². The number of hydrogen-bond acceptors (Lipinski definition) is 5. The van der Waals surface area contributed by atoms with Crippen LogP contribution in [0.2, 0.25) is 0 Å². The van der Waals surface area contributed by atoms with E-state index < -0.39 is 0 Å². The molecule has 1 aromatic carbocycles. The van der Waals surface area contributed by atoms with Crippen LogP contribution in [0, 0.1) is 0 Å². The minimum absolute atomic E-state index is 0.120. The zero-order valence-corrected chi connectivity index (χ0v) is 17.4. The van der Waals surface area contributed by atoms with Gasteiger partial charge in [0.15, 0.2) is 0 Å². The first-order valence-electron chi connectivity index (χ1n) is 9.97. The molecule has 6 nitrogen and oxygen atoms in total. The lowest BCUT2D eigenvalue weighted by molar-refractivity contribution is 0.0953. The number of carbonyl (C=O) groups is 1. The molecule has 4 N–H and O–H groups in total. The summed E-state index contributed by atoms with van der Waals surface area (Å²) in [4.78, 5) is 21.9. The molecule has 1 amide bonds. The molecule has 0 saturated carbocycles. The number of aromatic nitrogens is 2. The number of nitrogens with two attached hydrogens (primary N) is 1. The third kappa shape index (κ3) is 4.53. The van der Waals surface area contributed by atoms with E-state index in [0.29, 0.717) is 30.3 Å². The average Bonchev–Trinajstić information content (AvgIpc) is 3.43. The number of aryl methyl sites for hydroxylation is 1. The second kappa shape index (κ2) is 9.56. The van der Waals surface area contributed by atoms with Gasteiger partial charge < -0.3 is 20.8 Å². The van der Waals surface area contributed by atoms with Crippen molar-refractivity contribution in [3.63, 3.8) is 0 Å². The predicted molar refractivity (Wildman–Crippen MR) is 121 cm³/mol. The van der Waals surface area contributed by atoms with Gasteiger partial charge in [0.1, 0.15) is 22.9 Å². The van der Waals surface area contributed by atoms with Crippen molar-refractivity contribution in [1.82, 2.24) is 15.3 Å². The van der Waals surface area contributed by atoms with Crippen molar-refractivity contribution in [2.75, 3.05) is 19.7 Å². The van der Waals surface area contributed by atoms with Crippen LogP contribution in [0.15, 0.2) is 60.9 Å². The van der Waals surface area contributed by atoms with Crippen molar-refractivity contribution in [3.05, 3.63) is 71.4 Å². The van der Waals surface area contributed by atoms with Gasteiger partial charge in [0.25, 0.3) is 5.91 Å². The molecule has 0 radical (unpaired) electrons. The summed E-state index contributed by atoms with van der Waals surface area (Å²) in [5, 5.41) is 4.04. The van der Waals surface area contributed by atoms with Crippen LogP contribution < -0.4 is 15.8 Å². The Morgan fingerprint density at radius 2 is 2.07 bits per heavy atom. The molecule has 0 bridgehead atoms. The summed E-state index contributed by atoms with van der Waals surface area (Å²) in [6.45, 7) is 1.36. The van der Waals surface area contributed by atoms with Gasteiger partial charge in [-0.25, -0.2) is 4.98 Å². The highest BCUT2D eigenvalue weighted by Gasteiger charge is 2.19. The molecule has 4 rings (SSSR count). The SMILES string of the molecule is NCCOc1cc(-c2ccnc3[nH]ccc23)sc1C(=O)NCCCc1ccccc1. The summed E-state index contributed by atoms with van der Waals surface area (Å²) in [7, 11) is 0. The van der Waals surface area contributed by atoms with Crippen LogP contribution in [0.4, 0.5) is 0 Å². The Hall–Kier alpha value is -3.16. The Balaban J connectivity index is 1.49. The molecule has 0 aliphatic carbocycles. The van der Waals surface area contributed by atoms with E-state index in [0.717, 1.165) is 34.3 Å². The van der Waals surface area contributed by atoms with Crippen LogP contribution in [0.3, 0.4) is 0 Å². The van der Waals surface area contributed by atoms with Gasteiger partial charge >= 0.3 is 0 Å². The number of benzene rings is 1. The first-order valence-corrected chi connectivity index (χ1v) is 10.8. The minimum Gasteiger partial charge on any atom is -0.491 e. The lowest BCUT2D eigenvalue weighted by Crippen LogP contribution is -2.24. The first-order chi connectivity index (χ1) is 14.8. The number of fused-ring (bicyclic) bond motifs is 1. The van der Waals surface area contributed by atoms with E-state index in [4.69, 9.17) is 10.5 Å². The summed E-state index contributed by atoms with van der Waals surface area (Å²) >= 11 is 1.42. The van der Waals surface area contributed by atoms with Crippen molar-refractivity contribution in [1.29, 1.82) is 0 Å². The highest BCUT2D eigenvalue weighted by atomic mass is 32.1. The monoisotopic (exact) mass is 420 g/mol. The van der Waals surface area contributed by atoms with E-state index in [9.17, 15) is 4.79 Å². The molecule has 0 aliphatic heterocycles. The molecule has 0 spiro atoms. The van der Waals surface area contributed by atoms with Gasteiger partial charge in [-0.3, -0.25) is 4.79 Å². The lowest BCUT2D eigenvalue weighted by Gasteiger charge is -2.07. The molecule has 3 aromatic heterocycles. The third-order valence-corrected chi connectivity index (χ3v) is 5.92. The number of H-pyrrole nitrogens is 1. The second-order valence-electron chi connectivity index (χ2n) is 6.88. The van der Waals surface area contributed by atoms with Crippen LogP contribution in [0.25, 0.3) is 21.5 Å². The highest BCUT2D eigenvalue weighted by Crippen LogP contribution is 2.38. The maximum atomic E-state index is 12.9. The molecule has 0 fully saturated rings. The molecule has 0 saturated heterocycles. The van der Waals surface area contributed by atoms with Crippen molar-refractivity contribution in [3.8, 4) is 16.2 Å². The van der Waals surface area contributed by atoms with E-state index in [1.165, 1.54) is 16.9 Å². The van der Waals surface area contributed by atoms with Crippen LogP contribution >= 0.6 is 11.3 Å². The van der Waals surface area contributed by atoms with Crippen LogP contribution in [0.1, 0.15) is 21.7 Å². The Labute approximate surface area is 179 Å². The van der Waals surface area contributed by atoms with Gasteiger partial charge in [-0.05, 0) is 36.6 Å². The summed E-state index contributed by atoms with van der Waals surface area (Å²) in [5.74, 6) is 0.451. The Kier molecular flexibility index (Phi) is 6.41. The molecular weight excluding hydrogens is 396 g/mol. The van der Waals surface area contributed by atoms with Crippen molar-refractivity contribution >= 4 is 28.3 Å². The van der Waals surface area contributed by atoms with E-state index in [1.807, 2.05) is 42.6 Å². The smallest absolute Gasteiger partial charge is 0.265 e. The molecule has 0 atom stereocenters. The number of aromatic amines is 1. The van der Waals surface area contributed by atoms with Gasteiger partial charge in [0.2, 0.25) is 0 Å². The molecule has 4 aromatic rings. The fourth-order valence-electron chi connectivity index (χ4n) is 3.34. The molecule has 0 aliphatic rings. The van der Waals surface area contributed by atoms with E-state index >= 15 is 0 Å². The van der Waals surface area contributed by atoms with Crippen LogP contribution in [-0.2, 0) is 6.42 Å². The Morgan fingerprint density at radius 1 is 1.20 bits per heavy atom. The normalized spacial score (nSPS) is 11.0. The molecule has 30 heavy (non-hydrogen) atoms.